The van der Waals surface area contributed by atoms with Gasteiger partial charge >= 0.3 is 0 Å². The molecule has 3 nitrogen and oxygen atoms in total. The molecule has 0 atom stereocenters. The molecule has 0 saturated carbocycles. The number of hydrogen-bond donors (Lipinski definition) is 0. The Balaban J connectivity index is 2.32. The molecule has 0 unspecified atom stereocenters. The summed E-state index contributed by atoms with van der Waals surface area (Å²) in [7, 11) is 0. The lowest BCUT2D eigenvalue weighted by atomic mass is 10.2. The van der Waals surface area contributed by atoms with E-state index in [0.29, 0.717) is 27.6 Å². The summed E-state index contributed by atoms with van der Waals surface area (Å²) in [6.45, 7) is 3.98. The Morgan fingerprint density at radius 3 is 2.50 bits per heavy atom. The van der Waals surface area contributed by atoms with Gasteiger partial charge in [-0.05, 0) is 12.1 Å². The van der Waals surface area contributed by atoms with Crippen molar-refractivity contribution < 1.29 is 4.74 Å². The Hall–Kier alpha value is -1.32. The molecule has 0 aliphatic rings. The number of benzene rings is 1. The summed E-state index contributed by atoms with van der Waals surface area (Å²) >= 11 is 12.0. The molecule has 0 amide bonds. The Kier molecular flexibility index (Phi) is 4.04. The second-order valence-corrected chi connectivity index (χ2v) is 4.87. The quantitative estimate of drug-likeness (QED) is 0.766. The molecule has 0 bridgehead atoms. The van der Waals surface area contributed by atoms with E-state index in [1.165, 1.54) is 0 Å². The maximum Gasteiger partial charge on any atom is 0.224 e. The van der Waals surface area contributed by atoms with Crippen molar-refractivity contribution in [3.05, 3.63) is 46.3 Å². The third-order valence-corrected chi connectivity index (χ3v) is 2.76. The fraction of sp³-hybridized carbons (Fsp3) is 0.231. The van der Waals surface area contributed by atoms with Crippen LogP contribution in [0.4, 0.5) is 0 Å². The number of aromatic nitrogens is 2. The van der Waals surface area contributed by atoms with Gasteiger partial charge in [0.05, 0.1) is 5.02 Å². The van der Waals surface area contributed by atoms with Crippen LogP contribution in [0.15, 0.2) is 30.3 Å². The summed E-state index contributed by atoms with van der Waals surface area (Å²) in [6.07, 6.45) is 0. The SMILES string of the molecule is CC(C)c1nc(Cl)cc(Oc2ccccc2Cl)n1. The number of hydrogen-bond acceptors (Lipinski definition) is 3. The van der Waals surface area contributed by atoms with Gasteiger partial charge in [0.25, 0.3) is 0 Å². The van der Waals surface area contributed by atoms with Gasteiger partial charge in [0.2, 0.25) is 5.88 Å². The Morgan fingerprint density at radius 2 is 1.83 bits per heavy atom. The lowest BCUT2D eigenvalue weighted by molar-refractivity contribution is 0.457. The van der Waals surface area contributed by atoms with Crippen LogP contribution >= 0.6 is 23.2 Å². The van der Waals surface area contributed by atoms with Crippen LogP contribution in [0.2, 0.25) is 10.2 Å². The van der Waals surface area contributed by atoms with E-state index in [0.717, 1.165) is 0 Å². The fourth-order valence-corrected chi connectivity index (χ4v) is 1.72. The summed E-state index contributed by atoms with van der Waals surface area (Å²) in [5.74, 6) is 1.76. The first-order chi connectivity index (χ1) is 8.56. The first kappa shape index (κ1) is 13.1. The Morgan fingerprint density at radius 1 is 1.11 bits per heavy atom. The Labute approximate surface area is 116 Å². The van der Waals surface area contributed by atoms with Crippen molar-refractivity contribution in [1.82, 2.24) is 9.97 Å². The molecule has 1 heterocycles. The first-order valence-corrected chi connectivity index (χ1v) is 6.28. The Bertz CT molecular complexity index is 558. The average Bonchev–Trinajstić information content (AvgIpc) is 2.31. The van der Waals surface area contributed by atoms with Crippen LogP contribution in [0.25, 0.3) is 0 Å². The number of para-hydroxylation sites is 1. The normalized spacial score (nSPS) is 10.7. The van der Waals surface area contributed by atoms with Crippen molar-refractivity contribution in [2.45, 2.75) is 19.8 Å². The van der Waals surface area contributed by atoms with E-state index >= 15 is 0 Å². The minimum atomic E-state index is 0.178. The van der Waals surface area contributed by atoms with Crippen molar-refractivity contribution in [3.63, 3.8) is 0 Å². The third kappa shape index (κ3) is 3.12. The number of halogens is 2. The van der Waals surface area contributed by atoms with Crippen molar-refractivity contribution in [3.8, 4) is 11.6 Å². The number of nitrogens with zero attached hydrogens (tertiary/aromatic N) is 2. The third-order valence-electron chi connectivity index (χ3n) is 2.26. The number of rotatable bonds is 3. The molecule has 0 saturated heterocycles. The summed E-state index contributed by atoms with van der Waals surface area (Å²) < 4.78 is 5.61. The minimum absolute atomic E-state index is 0.178. The molecule has 0 N–H and O–H groups in total. The van der Waals surface area contributed by atoms with Crippen LogP contribution in [0, 0.1) is 0 Å². The van der Waals surface area contributed by atoms with Gasteiger partial charge in [0, 0.05) is 12.0 Å². The highest BCUT2D eigenvalue weighted by Crippen LogP contribution is 2.29. The zero-order valence-corrected chi connectivity index (χ0v) is 11.5. The van der Waals surface area contributed by atoms with Crippen molar-refractivity contribution in [1.29, 1.82) is 0 Å². The molecular formula is C13H12Cl2N2O. The summed E-state index contributed by atoms with van der Waals surface area (Å²) in [6, 6.07) is 8.77. The van der Waals surface area contributed by atoms with E-state index in [4.69, 9.17) is 27.9 Å². The van der Waals surface area contributed by atoms with Gasteiger partial charge in [0.15, 0.2) is 0 Å². The van der Waals surface area contributed by atoms with E-state index in [9.17, 15) is 0 Å². The molecule has 0 aliphatic heterocycles. The summed E-state index contributed by atoms with van der Waals surface area (Å²) in [5.41, 5.74) is 0. The van der Waals surface area contributed by atoms with Crippen LogP contribution in [-0.4, -0.2) is 9.97 Å². The first-order valence-electron chi connectivity index (χ1n) is 5.53. The van der Waals surface area contributed by atoms with Crippen LogP contribution in [0.3, 0.4) is 0 Å². The lowest BCUT2D eigenvalue weighted by Crippen LogP contribution is -1.99. The molecule has 1 aromatic heterocycles. The maximum atomic E-state index is 6.01. The van der Waals surface area contributed by atoms with Gasteiger partial charge in [-0.2, -0.15) is 4.98 Å². The zero-order chi connectivity index (χ0) is 13.1. The predicted molar refractivity (Wildman–Crippen MR) is 72.7 cm³/mol. The van der Waals surface area contributed by atoms with Gasteiger partial charge in [-0.25, -0.2) is 4.98 Å². The summed E-state index contributed by atoms with van der Waals surface area (Å²) in [4.78, 5) is 8.43. The lowest BCUT2D eigenvalue weighted by Gasteiger charge is -2.09. The molecule has 0 spiro atoms. The van der Waals surface area contributed by atoms with Crippen LogP contribution in [0.1, 0.15) is 25.6 Å². The molecule has 94 valence electrons. The molecular weight excluding hydrogens is 271 g/mol. The minimum Gasteiger partial charge on any atom is -0.437 e. The molecule has 5 heteroatoms. The largest absolute Gasteiger partial charge is 0.437 e. The second-order valence-electron chi connectivity index (χ2n) is 4.07. The molecule has 0 aliphatic carbocycles. The fourth-order valence-electron chi connectivity index (χ4n) is 1.36. The zero-order valence-electron chi connectivity index (χ0n) is 10.0. The maximum absolute atomic E-state index is 6.01. The van der Waals surface area contributed by atoms with E-state index in [1.54, 1.807) is 18.2 Å². The van der Waals surface area contributed by atoms with Crippen molar-refractivity contribution >= 4 is 23.2 Å². The smallest absolute Gasteiger partial charge is 0.224 e. The van der Waals surface area contributed by atoms with Gasteiger partial charge < -0.3 is 4.74 Å². The van der Waals surface area contributed by atoms with Crippen molar-refractivity contribution in [2.75, 3.05) is 0 Å². The molecule has 0 fully saturated rings. The van der Waals surface area contributed by atoms with E-state index in [-0.39, 0.29) is 5.92 Å². The van der Waals surface area contributed by atoms with Crippen LogP contribution in [0.5, 0.6) is 11.6 Å². The highest BCUT2D eigenvalue weighted by atomic mass is 35.5. The van der Waals surface area contributed by atoms with E-state index in [1.807, 2.05) is 26.0 Å². The molecule has 1 aromatic carbocycles. The average molecular weight is 283 g/mol. The number of ether oxygens (including phenoxy) is 1. The molecule has 0 radical (unpaired) electrons. The van der Waals surface area contributed by atoms with E-state index in [2.05, 4.69) is 9.97 Å². The van der Waals surface area contributed by atoms with E-state index < -0.39 is 0 Å². The van der Waals surface area contributed by atoms with Crippen molar-refractivity contribution in [2.24, 2.45) is 0 Å². The predicted octanol–water partition coefficient (Wildman–Crippen LogP) is 4.70. The van der Waals surface area contributed by atoms with Gasteiger partial charge in [-0.1, -0.05) is 49.2 Å². The highest BCUT2D eigenvalue weighted by Gasteiger charge is 2.09. The topological polar surface area (TPSA) is 35.0 Å². The summed E-state index contributed by atoms with van der Waals surface area (Å²) in [5, 5.41) is 0.883. The van der Waals surface area contributed by atoms with Crippen LogP contribution in [-0.2, 0) is 0 Å². The second kappa shape index (κ2) is 5.55. The molecule has 2 rings (SSSR count). The van der Waals surface area contributed by atoms with Gasteiger partial charge in [0.1, 0.15) is 16.7 Å². The van der Waals surface area contributed by atoms with Crippen LogP contribution < -0.4 is 4.74 Å². The molecule has 2 aromatic rings. The highest BCUT2D eigenvalue weighted by molar-refractivity contribution is 6.32. The molecule has 18 heavy (non-hydrogen) atoms. The standard InChI is InChI=1S/C13H12Cl2N2O/c1-8(2)13-16-11(15)7-12(17-13)18-10-6-4-3-5-9(10)14/h3-8H,1-2H3. The van der Waals surface area contributed by atoms with Gasteiger partial charge in [-0.15, -0.1) is 0 Å². The monoisotopic (exact) mass is 282 g/mol. The van der Waals surface area contributed by atoms with Gasteiger partial charge in [-0.3, -0.25) is 0 Å².